The van der Waals surface area contributed by atoms with Gasteiger partial charge < -0.3 is 10.5 Å². The van der Waals surface area contributed by atoms with Gasteiger partial charge in [-0.2, -0.15) is 0 Å². The van der Waals surface area contributed by atoms with Crippen molar-refractivity contribution in [2.24, 2.45) is 5.73 Å². The fourth-order valence-corrected chi connectivity index (χ4v) is 3.53. The molecule has 108 valence electrons. The van der Waals surface area contributed by atoms with Gasteiger partial charge in [-0.15, -0.1) is 11.3 Å². The van der Waals surface area contributed by atoms with Crippen molar-refractivity contribution in [1.82, 2.24) is 0 Å². The SMILES string of the molecule is CCC(N)C(OCc1ccccc1Br)c1sccc1C. The normalized spacial score (nSPS) is 14.2. The van der Waals surface area contributed by atoms with Gasteiger partial charge in [0, 0.05) is 15.4 Å². The van der Waals surface area contributed by atoms with Crippen molar-refractivity contribution in [2.45, 2.75) is 39.0 Å². The van der Waals surface area contributed by atoms with E-state index in [1.54, 1.807) is 11.3 Å². The lowest BCUT2D eigenvalue weighted by Gasteiger charge is -2.23. The van der Waals surface area contributed by atoms with Gasteiger partial charge in [-0.3, -0.25) is 0 Å². The van der Waals surface area contributed by atoms with Crippen molar-refractivity contribution in [1.29, 1.82) is 0 Å². The van der Waals surface area contributed by atoms with Crippen LogP contribution in [0.2, 0.25) is 0 Å². The largest absolute Gasteiger partial charge is 0.366 e. The molecule has 2 nitrogen and oxygen atoms in total. The molecule has 1 heterocycles. The third-order valence-electron chi connectivity index (χ3n) is 3.40. The van der Waals surface area contributed by atoms with Crippen LogP contribution in [0.15, 0.2) is 40.2 Å². The van der Waals surface area contributed by atoms with Crippen LogP contribution in [0.25, 0.3) is 0 Å². The molecule has 0 radical (unpaired) electrons. The number of nitrogens with two attached hydrogens (primary N) is 1. The molecule has 2 rings (SSSR count). The van der Waals surface area contributed by atoms with Crippen molar-refractivity contribution in [3.63, 3.8) is 0 Å². The third kappa shape index (κ3) is 3.70. The Hall–Kier alpha value is -0.680. The molecule has 2 unspecified atom stereocenters. The number of halogens is 1. The molecule has 0 aliphatic rings. The highest BCUT2D eigenvalue weighted by Crippen LogP contribution is 2.31. The Balaban J connectivity index is 2.13. The Kier molecular flexibility index (Phi) is 5.78. The molecule has 4 heteroatoms. The van der Waals surface area contributed by atoms with Gasteiger partial charge in [0.2, 0.25) is 0 Å². The summed E-state index contributed by atoms with van der Waals surface area (Å²) in [5.74, 6) is 0. The second-order valence-corrected chi connectivity index (χ2v) is 6.67. The predicted molar refractivity (Wildman–Crippen MR) is 89.0 cm³/mol. The minimum absolute atomic E-state index is 0.0230. The third-order valence-corrected chi connectivity index (χ3v) is 5.25. The van der Waals surface area contributed by atoms with Gasteiger partial charge in [-0.25, -0.2) is 0 Å². The zero-order chi connectivity index (χ0) is 14.5. The standard InChI is InChI=1S/C16H20BrNOS/c1-3-14(18)15(16-11(2)8-9-20-16)19-10-12-6-4-5-7-13(12)17/h4-9,14-15H,3,10,18H2,1-2H3. The van der Waals surface area contributed by atoms with Crippen LogP contribution < -0.4 is 5.73 Å². The average molecular weight is 354 g/mol. The molecule has 0 saturated carbocycles. The van der Waals surface area contributed by atoms with E-state index in [0.29, 0.717) is 6.61 Å². The van der Waals surface area contributed by atoms with Crippen molar-refractivity contribution in [3.8, 4) is 0 Å². The molecule has 1 aromatic carbocycles. The maximum atomic E-state index is 6.25. The molecule has 0 spiro atoms. The summed E-state index contributed by atoms with van der Waals surface area (Å²) in [6.07, 6.45) is 0.866. The number of hydrogen-bond donors (Lipinski definition) is 1. The molecule has 2 atom stereocenters. The van der Waals surface area contributed by atoms with Gasteiger partial charge in [0.25, 0.3) is 0 Å². The number of hydrogen-bond acceptors (Lipinski definition) is 3. The molecule has 0 amide bonds. The van der Waals surface area contributed by atoms with Crippen LogP contribution in [0.5, 0.6) is 0 Å². The molecule has 1 aromatic heterocycles. The highest BCUT2D eigenvalue weighted by atomic mass is 79.9. The highest BCUT2D eigenvalue weighted by Gasteiger charge is 2.22. The van der Waals surface area contributed by atoms with Gasteiger partial charge in [0.1, 0.15) is 6.10 Å². The molecular weight excluding hydrogens is 334 g/mol. The fourth-order valence-electron chi connectivity index (χ4n) is 2.08. The zero-order valence-corrected chi connectivity index (χ0v) is 14.2. The summed E-state index contributed by atoms with van der Waals surface area (Å²) < 4.78 is 7.22. The summed E-state index contributed by atoms with van der Waals surface area (Å²) in [5.41, 5.74) is 8.66. The molecule has 0 aliphatic heterocycles. The second-order valence-electron chi connectivity index (χ2n) is 4.86. The first-order chi connectivity index (χ1) is 9.63. The molecule has 0 aliphatic carbocycles. The van der Waals surface area contributed by atoms with E-state index in [-0.39, 0.29) is 12.1 Å². The predicted octanol–water partition coefficient (Wildman–Crippen LogP) is 4.81. The summed E-state index contributed by atoms with van der Waals surface area (Å²) in [7, 11) is 0. The van der Waals surface area contributed by atoms with E-state index in [2.05, 4.69) is 47.3 Å². The molecule has 20 heavy (non-hydrogen) atoms. The molecule has 0 saturated heterocycles. The minimum atomic E-state index is -0.0351. The van der Waals surface area contributed by atoms with Crippen LogP contribution in [0.3, 0.4) is 0 Å². The maximum Gasteiger partial charge on any atom is 0.107 e. The topological polar surface area (TPSA) is 35.2 Å². The van der Waals surface area contributed by atoms with Gasteiger partial charge >= 0.3 is 0 Å². The second kappa shape index (κ2) is 7.36. The Morgan fingerprint density at radius 1 is 1.30 bits per heavy atom. The Bertz CT molecular complexity index is 555. The van der Waals surface area contributed by atoms with Gasteiger partial charge in [0.15, 0.2) is 0 Å². The van der Waals surface area contributed by atoms with E-state index in [4.69, 9.17) is 10.5 Å². The molecule has 0 fully saturated rings. The first-order valence-corrected chi connectivity index (χ1v) is 8.45. The van der Waals surface area contributed by atoms with Crippen molar-refractivity contribution >= 4 is 27.3 Å². The Labute approximate surface area is 133 Å². The molecule has 2 N–H and O–H groups in total. The molecular formula is C16H20BrNOS. The van der Waals surface area contributed by atoms with Gasteiger partial charge in [0.05, 0.1) is 6.61 Å². The van der Waals surface area contributed by atoms with Gasteiger partial charge in [-0.05, 0) is 42.0 Å². The number of benzene rings is 1. The highest BCUT2D eigenvalue weighted by molar-refractivity contribution is 9.10. The Morgan fingerprint density at radius 2 is 2.05 bits per heavy atom. The summed E-state index contributed by atoms with van der Waals surface area (Å²) in [6.45, 7) is 4.78. The molecule has 0 bridgehead atoms. The van der Waals surface area contributed by atoms with Crippen molar-refractivity contribution in [2.75, 3.05) is 0 Å². The summed E-state index contributed by atoms with van der Waals surface area (Å²) in [5, 5.41) is 2.10. The van der Waals surface area contributed by atoms with E-state index in [1.165, 1.54) is 10.4 Å². The lowest BCUT2D eigenvalue weighted by molar-refractivity contribution is 0.0230. The number of ether oxygens (including phenoxy) is 1. The number of aryl methyl sites for hydroxylation is 1. The van der Waals surface area contributed by atoms with Crippen LogP contribution in [0.4, 0.5) is 0 Å². The summed E-state index contributed by atoms with van der Waals surface area (Å²) in [4.78, 5) is 1.24. The quantitative estimate of drug-likeness (QED) is 0.808. The monoisotopic (exact) mass is 353 g/mol. The minimum Gasteiger partial charge on any atom is -0.366 e. The van der Waals surface area contributed by atoms with Crippen LogP contribution >= 0.6 is 27.3 Å². The first-order valence-electron chi connectivity index (χ1n) is 6.78. The maximum absolute atomic E-state index is 6.25. The van der Waals surface area contributed by atoms with Crippen LogP contribution in [-0.2, 0) is 11.3 Å². The van der Waals surface area contributed by atoms with E-state index >= 15 is 0 Å². The lowest BCUT2D eigenvalue weighted by atomic mass is 10.1. The summed E-state index contributed by atoms with van der Waals surface area (Å²) >= 11 is 5.28. The summed E-state index contributed by atoms with van der Waals surface area (Å²) in [6, 6.07) is 10.3. The molecule has 2 aromatic rings. The van der Waals surface area contributed by atoms with E-state index in [1.807, 2.05) is 18.2 Å². The van der Waals surface area contributed by atoms with E-state index in [9.17, 15) is 0 Å². The fraction of sp³-hybridized carbons (Fsp3) is 0.375. The Morgan fingerprint density at radius 3 is 2.65 bits per heavy atom. The first kappa shape index (κ1) is 15.7. The van der Waals surface area contributed by atoms with Gasteiger partial charge in [-0.1, -0.05) is 41.1 Å². The van der Waals surface area contributed by atoms with Crippen LogP contribution in [0.1, 0.15) is 35.5 Å². The van der Waals surface area contributed by atoms with Crippen LogP contribution in [0, 0.1) is 6.92 Å². The number of thiophene rings is 1. The van der Waals surface area contributed by atoms with E-state index in [0.717, 1.165) is 16.5 Å². The van der Waals surface area contributed by atoms with Crippen LogP contribution in [-0.4, -0.2) is 6.04 Å². The van der Waals surface area contributed by atoms with E-state index < -0.39 is 0 Å². The zero-order valence-electron chi connectivity index (χ0n) is 11.8. The number of rotatable bonds is 6. The van der Waals surface area contributed by atoms with Crippen molar-refractivity contribution in [3.05, 3.63) is 56.2 Å². The lowest BCUT2D eigenvalue weighted by Crippen LogP contribution is -2.29. The average Bonchev–Trinajstić information content (AvgIpc) is 2.87. The smallest absolute Gasteiger partial charge is 0.107 e. The van der Waals surface area contributed by atoms with Crippen molar-refractivity contribution < 1.29 is 4.74 Å².